The summed E-state index contributed by atoms with van der Waals surface area (Å²) in [6, 6.07) is 17.2. The third kappa shape index (κ3) is 5.26. The van der Waals surface area contributed by atoms with E-state index in [1.165, 1.54) is 18.2 Å². The van der Waals surface area contributed by atoms with E-state index < -0.39 is 28.3 Å². The Labute approximate surface area is 208 Å². The van der Waals surface area contributed by atoms with Crippen molar-refractivity contribution in [2.24, 2.45) is 5.10 Å². The van der Waals surface area contributed by atoms with Crippen LogP contribution in [0.5, 0.6) is 0 Å². The number of halogens is 1. The summed E-state index contributed by atoms with van der Waals surface area (Å²) >= 11 is 6.06. The van der Waals surface area contributed by atoms with Crippen molar-refractivity contribution in [1.82, 2.24) is 20.9 Å². The minimum atomic E-state index is -1.35. The van der Waals surface area contributed by atoms with Crippen LogP contribution in [0.2, 0.25) is 5.02 Å². The summed E-state index contributed by atoms with van der Waals surface area (Å²) in [4.78, 5) is 48.7. The first-order valence-electron chi connectivity index (χ1n) is 10.4. The summed E-state index contributed by atoms with van der Waals surface area (Å²) < 4.78 is 0. The van der Waals surface area contributed by atoms with Crippen LogP contribution in [0.3, 0.4) is 0 Å². The zero-order valence-corrected chi connectivity index (χ0v) is 19.1. The van der Waals surface area contributed by atoms with Crippen molar-refractivity contribution in [3.63, 3.8) is 0 Å². The molecule has 0 saturated heterocycles. The number of rotatable bonds is 7. The summed E-state index contributed by atoms with van der Waals surface area (Å²) in [6.07, 6.45) is 1.14. The number of carbonyl (C=O) groups is 2. The van der Waals surface area contributed by atoms with Crippen molar-refractivity contribution < 1.29 is 14.5 Å². The van der Waals surface area contributed by atoms with Gasteiger partial charge >= 0.3 is 0 Å². The molecule has 3 N–H and O–H groups in total. The van der Waals surface area contributed by atoms with Gasteiger partial charge in [0, 0.05) is 33.7 Å². The molecule has 0 aliphatic carbocycles. The molecule has 36 heavy (non-hydrogen) atoms. The van der Waals surface area contributed by atoms with Crippen molar-refractivity contribution in [2.45, 2.75) is 6.04 Å². The summed E-state index contributed by atoms with van der Waals surface area (Å²) in [5, 5.41) is 24.7. The number of hydrazone groups is 1. The molecule has 2 amide bonds. The highest BCUT2D eigenvalue weighted by molar-refractivity contribution is 6.33. The fourth-order valence-corrected chi connectivity index (χ4v) is 3.56. The van der Waals surface area contributed by atoms with Crippen LogP contribution < -0.4 is 16.3 Å². The van der Waals surface area contributed by atoms with Gasteiger partial charge in [-0.05, 0) is 24.3 Å². The van der Waals surface area contributed by atoms with Gasteiger partial charge < -0.3 is 5.32 Å². The third-order valence-electron chi connectivity index (χ3n) is 5.14. The molecule has 3 aromatic carbocycles. The van der Waals surface area contributed by atoms with Gasteiger partial charge in [0.25, 0.3) is 23.1 Å². The van der Waals surface area contributed by atoms with Crippen molar-refractivity contribution in [3.05, 3.63) is 115 Å². The molecule has 4 rings (SSSR count). The molecule has 0 aliphatic rings. The number of amides is 2. The molecule has 0 bridgehead atoms. The average Bonchev–Trinajstić information content (AvgIpc) is 2.89. The molecule has 0 saturated carbocycles. The molecule has 0 spiro atoms. The molecule has 0 aliphatic heterocycles. The number of aromatic nitrogens is 2. The molecule has 1 unspecified atom stereocenters. The number of nitrogens with one attached hydrogen (secondary N) is 3. The van der Waals surface area contributed by atoms with E-state index in [-0.39, 0.29) is 27.4 Å². The average molecular weight is 505 g/mol. The van der Waals surface area contributed by atoms with Crippen LogP contribution >= 0.6 is 11.6 Å². The number of non-ortho nitro benzene ring substituents is 1. The minimum absolute atomic E-state index is 0.0931. The van der Waals surface area contributed by atoms with E-state index in [0.29, 0.717) is 10.9 Å². The standard InChI is InChI=1S/C24H17ClN6O5/c25-19-11-10-16(31(35)36)12-15(19)13-26-29-24(34)21(27-22(32)14-6-2-1-3-7-14)20-17-8-4-5-9-18(17)23(33)30-28-20/h1-13,21H,(H,27,32)(H,29,34)(H,30,33)/b26-13-. The molecular weight excluding hydrogens is 488 g/mol. The van der Waals surface area contributed by atoms with Crippen molar-refractivity contribution in [3.8, 4) is 0 Å². The van der Waals surface area contributed by atoms with Gasteiger partial charge in [-0.2, -0.15) is 10.2 Å². The summed E-state index contributed by atoms with van der Waals surface area (Å²) in [5.41, 5.74) is 2.23. The van der Waals surface area contributed by atoms with Gasteiger partial charge in [-0.15, -0.1) is 0 Å². The van der Waals surface area contributed by atoms with Crippen molar-refractivity contribution >= 4 is 46.1 Å². The second kappa shape index (κ2) is 10.6. The van der Waals surface area contributed by atoms with Gasteiger partial charge in [-0.3, -0.25) is 24.5 Å². The number of aromatic amines is 1. The fraction of sp³-hybridized carbons (Fsp3) is 0.0417. The van der Waals surface area contributed by atoms with Gasteiger partial charge in [0.15, 0.2) is 6.04 Å². The SMILES string of the molecule is O=C(NC(C(=O)N/N=C\c1cc([N+](=O)[O-])ccc1Cl)c1n[nH]c(=O)c2ccccc12)c1ccccc1. The Balaban J connectivity index is 1.67. The molecular formula is C24H17ClN6O5. The molecule has 1 atom stereocenters. The lowest BCUT2D eigenvalue weighted by molar-refractivity contribution is -0.384. The lowest BCUT2D eigenvalue weighted by Crippen LogP contribution is -2.40. The number of fused-ring (bicyclic) bond motifs is 1. The first kappa shape index (κ1) is 24.2. The van der Waals surface area contributed by atoms with Crippen molar-refractivity contribution in [2.75, 3.05) is 0 Å². The number of hydrogen-bond acceptors (Lipinski definition) is 7. The highest BCUT2D eigenvalue weighted by atomic mass is 35.5. The van der Waals surface area contributed by atoms with E-state index in [1.807, 2.05) is 0 Å². The molecule has 1 aromatic heterocycles. The molecule has 0 radical (unpaired) electrons. The fourth-order valence-electron chi connectivity index (χ4n) is 3.39. The molecule has 11 nitrogen and oxygen atoms in total. The summed E-state index contributed by atoms with van der Waals surface area (Å²) in [5.74, 6) is -1.33. The second-order valence-electron chi connectivity index (χ2n) is 7.45. The summed E-state index contributed by atoms with van der Waals surface area (Å²) in [7, 11) is 0. The monoisotopic (exact) mass is 504 g/mol. The Morgan fingerprint density at radius 3 is 2.47 bits per heavy atom. The van der Waals surface area contributed by atoms with Crippen molar-refractivity contribution in [1.29, 1.82) is 0 Å². The lowest BCUT2D eigenvalue weighted by atomic mass is 10.0. The minimum Gasteiger partial charge on any atom is -0.335 e. The number of hydrogen-bond donors (Lipinski definition) is 3. The molecule has 180 valence electrons. The quantitative estimate of drug-likeness (QED) is 0.199. The number of carbonyl (C=O) groups excluding carboxylic acids is 2. The van der Waals surface area contributed by atoms with Gasteiger partial charge in [0.2, 0.25) is 0 Å². The van der Waals surface area contributed by atoms with Gasteiger partial charge in [0.1, 0.15) is 5.69 Å². The molecule has 4 aromatic rings. The first-order valence-corrected chi connectivity index (χ1v) is 10.8. The van der Waals surface area contributed by atoms with E-state index in [0.717, 1.165) is 6.21 Å². The zero-order chi connectivity index (χ0) is 25.7. The molecule has 0 fully saturated rings. The topological polar surface area (TPSA) is 159 Å². The van der Waals surface area contributed by atoms with E-state index in [1.54, 1.807) is 54.6 Å². The highest BCUT2D eigenvalue weighted by Gasteiger charge is 2.27. The van der Waals surface area contributed by atoms with Crippen LogP contribution in [0.1, 0.15) is 27.7 Å². The lowest BCUT2D eigenvalue weighted by Gasteiger charge is -2.18. The van der Waals surface area contributed by atoms with Gasteiger partial charge in [-0.25, -0.2) is 10.5 Å². The van der Waals surface area contributed by atoms with Crippen LogP contribution in [-0.4, -0.2) is 33.1 Å². The predicted molar refractivity (Wildman–Crippen MR) is 133 cm³/mol. The highest BCUT2D eigenvalue weighted by Crippen LogP contribution is 2.22. The smallest absolute Gasteiger partial charge is 0.272 e. The van der Waals surface area contributed by atoms with E-state index in [9.17, 15) is 24.5 Å². The Hall–Kier alpha value is -4.90. The Morgan fingerprint density at radius 2 is 1.75 bits per heavy atom. The first-order chi connectivity index (χ1) is 17.3. The Morgan fingerprint density at radius 1 is 1.06 bits per heavy atom. The maximum absolute atomic E-state index is 13.2. The molecule has 1 heterocycles. The largest absolute Gasteiger partial charge is 0.335 e. The number of nitro benzene ring substituents is 1. The predicted octanol–water partition coefficient (Wildman–Crippen LogP) is 3.11. The van der Waals surface area contributed by atoms with E-state index >= 15 is 0 Å². The maximum atomic E-state index is 13.2. The van der Waals surface area contributed by atoms with Crippen LogP contribution in [0.15, 0.2) is 82.7 Å². The number of H-pyrrole nitrogens is 1. The van der Waals surface area contributed by atoms with Crippen LogP contribution in [-0.2, 0) is 4.79 Å². The number of benzene rings is 3. The van der Waals surface area contributed by atoms with Gasteiger partial charge in [0.05, 0.1) is 16.5 Å². The third-order valence-corrected chi connectivity index (χ3v) is 5.49. The normalized spacial score (nSPS) is 11.8. The number of nitrogens with zero attached hydrogens (tertiary/aromatic N) is 3. The van der Waals surface area contributed by atoms with E-state index in [2.05, 4.69) is 26.0 Å². The Bertz CT molecular complexity index is 1550. The van der Waals surface area contributed by atoms with Crippen LogP contribution in [0.25, 0.3) is 10.8 Å². The maximum Gasteiger partial charge on any atom is 0.272 e. The summed E-state index contributed by atoms with van der Waals surface area (Å²) in [6.45, 7) is 0. The van der Waals surface area contributed by atoms with E-state index in [4.69, 9.17) is 11.6 Å². The second-order valence-corrected chi connectivity index (χ2v) is 7.86. The Kier molecular flexibility index (Phi) is 7.12. The van der Waals surface area contributed by atoms with Crippen LogP contribution in [0, 0.1) is 10.1 Å². The van der Waals surface area contributed by atoms with Crippen LogP contribution in [0.4, 0.5) is 5.69 Å². The zero-order valence-electron chi connectivity index (χ0n) is 18.3. The van der Waals surface area contributed by atoms with Gasteiger partial charge in [-0.1, -0.05) is 48.0 Å². The number of nitro groups is 1. The molecule has 12 heteroatoms.